The first-order valence-electron chi connectivity index (χ1n) is 7.44. The molecule has 1 aromatic carbocycles. The molecule has 4 heteroatoms. The molecule has 1 unspecified atom stereocenters. The third kappa shape index (κ3) is 3.28. The number of nitrogens with one attached hydrogen (secondary N) is 1. The van der Waals surface area contributed by atoms with Crippen LogP contribution in [0.2, 0.25) is 0 Å². The van der Waals surface area contributed by atoms with E-state index in [2.05, 4.69) is 46.4 Å². The van der Waals surface area contributed by atoms with Gasteiger partial charge in [-0.1, -0.05) is 18.2 Å². The zero-order valence-electron chi connectivity index (χ0n) is 12.4. The van der Waals surface area contributed by atoms with Gasteiger partial charge in [-0.15, -0.1) is 0 Å². The van der Waals surface area contributed by atoms with Crippen LogP contribution in [0.1, 0.15) is 17.2 Å². The molecule has 1 aromatic heterocycles. The zero-order chi connectivity index (χ0) is 14.5. The first kappa shape index (κ1) is 14.2. The van der Waals surface area contributed by atoms with Gasteiger partial charge in [-0.2, -0.15) is 0 Å². The highest BCUT2D eigenvalue weighted by Crippen LogP contribution is 2.34. The Morgan fingerprint density at radius 1 is 1.29 bits per heavy atom. The Morgan fingerprint density at radius 2 is 2.19 bits per heavy atom. The Balaban J connectivity index is 1.63. The van der Waals surface area contributed by atoms with Crippen LogP contribution in [0.3, 0.4) is 0 Å². The number of ether oxygens (including phenoxy) is 2. The van der Waals surface area contributed by atoms with Crippen LogP contribution in [0, 0.1) is 0 Å². The molecule has 1 aliphatic rings. The largest absolute Gasteiger partial charge is 0.493 e. The number of para-hydroxylation sites is 1. The van der Waals surface area contributed by atoms with Crippen LogP contribution >= 0.6 is 0 Å². The second kappa shape index (κ2) is 6.78. The van der Waals surface area contributed by atoms with E-state index in [1.807, 2.05) is 6.07 Å². The lowest BCUT2D eigenvalue weighted by Crippen LogP contribution is -2.21. The summed E-state index contributed by atoms with van der Waals surface area (Å²) in [6, 6.07) is 12.6. The summed E-state index contributed by atoms with van der Waals surface area (Å²) in [7, 11) is 1.72. The summed E-state index contributed by atoms with van der Waals surface area (Å²) in [6.07, 6.45) is 2.15. The Labute approximate surface area is 125 Å². The van der Waals surface area contributed by atoms with Gasteiger partial charge in [0.05, 0.1) is 13.2 Å². The van der Waals surface area contributed by atoms with E-state index in [0.29, 0.717) is 5.92 Å². The molecule has 0 saturated carbocycles. The standard InChI is InChI=1S/C17H22N2O2/c1-20-10-8-18-11-15-5-4-9-19(15)12-14-13-21-17-7-3-2-6-16(14)17/h2-7,9,14,18H,8,10-13H2,1H3. The maximum Gasteiger partial charge on any atom is 0.122 e. The Hall–Kier alpha value is -1.78. The van der Waals surface area contributed by atoms with Gasteiger partial charge in [0.2, 0.25) is 0 Å². The molecule has 112 valence electrons. The number of nitrogens with zero attached hydrogens (tertiary/aromatic N) is 1. The highest BCUT2D eigenvalue weighted by Gasteiger charge is 2.24. The summed E-state index contributed by atoms with van der Waals surface area (Å²) in [5.74, 6) is 1.47. The Bertz CT molecular complexity index is 580. The smallest absolute Gasteiger partial charge is 0.122 e. The van der Waals surface area contributed by atoms with Crippen molar-refractivity contribution in [2.45, 2.75) is 19.0 Å². The lowest BCUT2D eigenvalue weighted by Gasteiger charge is -2.14. The monoisotopic (exact) mass is 286 g/mol. The summed E-state index contributed by atoms with van der Waals surface area (Å²) in [5, 5.41) is 3.40. The lowest BCUT2D eigenvalue weighted by atomic mass is 10.0. The van der Waals surface area contributed by atoms with Crippen LogP contribution in [-0.4, -0.2) is 31.4 Å². The molecule has 0 spiro atoms. The molecule has 3 rings (SSSR count). The van der Waals surface area contributed by atoms with Gasteiger partial charge < -0.3 is 19.4 Å². The number of rotatable bonds is 7. The van der Waals surface area contributed by atoms with Crippen molar-refractivity contribution < 1.29 is 9.47 Å². The second-order valence-electron chi connectivity index (χ2n) is 5.37. The fraction of sp³-hybridized carbons (Fsp3) is 0.412. The highest BCUT2D eigenvalue weighted by molar-refractivity contribution is 5.39. The van der Waals surface area contributed by atoms with Gasteiger partial charge in [-0.25, -0.2) is 0 Å². The van der Waals surface area contributed by atoms with Crippen molar-refractivity contribution in [1.82, 2.24) is 9.88 Å². The number of hydrogen-bond donors (Lipinski definition) is 1. The van der Waals surface area contributed by atoms with Crippen LogP contribution in [-0.2, 0) is 17.8 Å². The van der Waals surface area contributed by atoms with Gasteiger partial charge in [0.1, 0.15) is 5.75 Å². The summed E-state index contributed by atoms with van der Waals surface area (Å²) in [5.41, 5.74) is 2.62. The van der Waals surface area contributed by atoms with Crippen molar-refractivity contribution in [2.24, 2.45) is 0 Å². The first-order chi connectivity index (χ1) is 10.4. The van der Waals surface area contributed by atoms with Gasteiger partial charge >= 0.3 is 0 Å². The maximum atomic E-state index is 5.77. The van der Waals surface area contributed by atoms with E-state index < -0.39 is 0 Å². The minimum atomic E-state index is 0.436. The Morgan fingerprint density at radius 3 is 3.10 bits per heavy atom. The second-order valence-corrected chi connectivity index (χ2v) is 5.37. The van der Waals surface area contributed by atoms with Gasteiger partial charge in [-0.05, 0) is 18.2 Å². The first-order valence-corrected chi connectivity index (χ1v) is 7.44. The van der Waals surface area contributed by atoms with E-state index in [9.17, 15) is 0 Å². The van der Waals surface area contributed by atoms with Crippen LogP contribution < -0.4 is 10.1 Å². The van der Waals surface area contributed by atoms with E-state index in [1.54, 1.807) is 7.11 Å². The summed E-state index contributed by atoms with van der Waals surface area (Å²) in [4.78, 5) is 0. The molecule has 1 atom stereocenters. The molecule has 0 amide bonds. The fourth-order valence-corrected chi connectivity index (χ4v) is 2.80. The minimum absolute atomic E-state index is 0.436. The minimum Gasteiger partial charge on any atom is -0.493 e. The number of fused-ring (bicyclic) bond motifs is 1. The van der Waals surface area contributed by atoms with Gasteiger partial charge in [0, 0.05) is 50.1 Å². The number of hydrogen-bond acceptors (Lipinski definition) is 3. The van der Waals surface area contributed by atoms with Gasteiger partial charge in [0.25, 0.3) is 0 Å². The van der Waals surface area contributed by atoms with Crippen molar-refractivity contribution >= 4 is 0 Å². The molecule has 0 radical (unpaired) electrons. The van der Waals surface area contributed by atoms with Crippen molar-refractivity contribution in [3.8, 4) is 5.75 Å². The third-order valence-electron chi connectivity index (χ3n) is 3.93. The molecule has 2 heterocycles. The van der Waals surface area contributed by atoms with E-state index in [4.69, 9.17) is 9.47 Å². The quantitative estimate of drug-likeness (QED) is 0.794. The molecule has 1 N–H and O–H groups in total. The van der Waals surface area contributed by atoms with Crippen molar-refractivity contribution in [3.05, 3.63) is 53.9 Å². The number of methoxy groups -OCH3 is 1. The van der Waals surface area contributed by atoms with Crippen LogP contribution in [0.25, 0.3) is 0 Å². The van der Waals surface area contributed by atoms with Crippen LogP contribution in [0.4, 0.5) is 0 Å². The molecule has 0 aliphatic carbocycles. The molecule has 0 fully saturated rings. The zero-order valence-corrected chi connectivity index (χ0v) is 12.4. The van der Waals surface area contributed by atoms with Gasteiger partial charge in [-0.3, -0.25) is 0 Å². The maximum absolute atomic E-state index is 5.77. The summed E-state index contributed by atoms with van der Waals surface area (Å²) in [6.45, 7) is 4.21. The third-order valence-corrected chi connectivity index (χ3v) is 3.93. The molecule has 0 bridgehead atoms. The van der Waals surface area contributed by atoms with E-state index >= 15 is 0 Å². The van der Waals surface area contributed by atoms with E-state index in [1.165, 1.54) is 11.3 Å². The predicted octanol–water partition coefficient (Wildman–Crippen LogP) is 2.40. The SMILES string of the molecule is COCCNCc1cccn1CC1COc2ccccc21. The number of benzene rings is 1. The number of aromatic nitrogens is 1. The lowest BCUT2D eigenvalue weighted by molar-refractivity contribution is 0.199. The molecule has 0 saturated heterocycles. The van der Waals surface area contributed by atoms with E-state index in [0.717, 1.165) is 38.6 Å². The summed E-state index contributed by atoms with van der Waals surface area (Å²) >= 11 is 0. The molecule has 4 nitrogen and oxygen atoms in total. The average Bonchev–Trinajstić information content (AvgIpc) is 3.12. The van der Waals surface area contributed by atoms with Crippen LogP contribution in [0.15, 0.2) is 42.6 Å². The Kier molecular flexibility index (Phi) is 4.58. The molecular weight excluding hydrogens is 264 g/mol. The van der Waals surface area contributed by atoms with Crippen LogP contribution in [0.5, 0.6) is 5.75 Å². The van der Waals surface area contributed by atoms with Gasteiger partial charge in [0.15, 0.2) is 0 Å². The average molecular weight is 286 g/mol. The van der Waals surface area contributed by atoms with Crippen molar-refractivity contribution in [2.75, 3.05) is 26.9 Å². The van der Waals surface area contributed by atoms with E-state index in [-0.39, 0.29) is 0 Å². The normalized spacial score (nSPS) is 16.7. The molecule has 1 aliphatic heterocycles. The summed E-state index contributed by atoms with van der Waals surface area (Å²) < 4.78 is 13.1. The topological polar surface area (TPSA) is 35.4 Å². The fourth-order valence-electron chi connectivity index (χ4n) is 2.80. The molecule has 21 heavy (non-hydrogen) atoms. The molecular formula is C17H22N2O2. The van der Waals surface area contributed by atoms with Crippen molar-refractivity contribution in [3.63, 3.8) is 0 Å². The van der Waals surface area contributed by atoms with Crippen molar-refractivity contribution in [1.29, 1.82) is 0 Å². The molecule has 2 aromatic rings. The highest BCUT2D eigenvalue weighted by atomic mass is 16.5. The predicted molar refractivity (Wildman–Crippen MR) is 82.7 cm³/mol.